The summed E-state index contributed by atoms with van der Waals surface area (Å²) in [4.78, 5) is 36.2. The number of rotatable bonds is 9. The summed E-state index contributed by atoms with van der Waals surface area (Å²) in [5.41, 5.74) is -0.387. The lowest BCUT2D eigenvalue weighted by atomic mass is 10.2. The molecule has 36 heavy (non-hydrogen) atoms. The van der Waals surface area contributed by atoms with E-state index in [-0.39, 0.29) is 27.8 Å². The third kappa shape index (κ3) is 9.04. The minimum Gasteiger partial charge on any atom is -0.462 e. The third-order valence-corrected chi connectivity index (χ3v) is 6.24. The summed E-state index contributed by atoms with van der Waals surface area (Å²) in [6, 6.07) is 11.5. The number of hydrogen-bond donors (Lipinski definition) is 2. The summed E-state index contributed by atoms with van der Waals surface area (Å²) in [7, 11) is -4.27. The number of anilines is 2. The van der Waals surface area contributed by atoms with Crippen molar-refractivity contribution in [2.45, 2.75) is 51.2 Å². The zero-order chi connectivity index (χ0) is 27.1. The van der Waals surface area contributed by atoms with Crippen LogP contribution in [0.1, 0.15) is 34.6 Å². The molecular formula is C24H30ClN3O7S. The Kier molecular flexibility index (Phi) is 9.71. The Morgan fingerprint density at radius 2 is 1.72 bits per heavy atom. The molecule has 2 amide bonds. The summed E-state index contributed by atoms with van der Waals surface area (Å²) in [6.07, 6.45) is -1.20. The molecule has 2 rings (SSSR count). The van der Waals surface area contributed by atoms with Crippen LogP contribution in [0.15, 0.2) is 53.4 Å². The molecular weight excluding hydrogens is 510 g/mol. The number of esters is 1. The van der Waals surface area contributed by atoms with E-state index in [4.69, 9.17) is 21.1 Å². The maximum atomic E-state index is 13.5. The number of benzene rings is 2. The maximum Gasteiger partial charge on any atom is 0.408 e. The van der Waals surface area contributed by atoms with E-state index in [9.17, 15) is 22.8 Å². The van der Waals surface area contributed by atoms with Gasteiger partial charge in [-0.05, 0) is 71.0 Å². The first-order valence-corrected chi connectivity index (χ1v) is 12.8. The van der Waals surface area contributed by atoms with Crippen molar-refractivity contribution in [3.05, 3.63) is 53.6 Å². The van der Waals surface area contributed by atoms with Gasteiger partial charge in [-0.2, -0.15) is 0 Å². The molecule has 0 saturated heterocycles. The molecule has 0 radical (unpaired) electrons. The van der Waals surface area contributed by atoms with E-state index >= 15 is 0 Å². The normalized spacial score (nSPS) is 11.5. The van der Waals surface area contributed by atoms with Gasteiger partial charge in [0.2, 0.25) is 5.91 Å². The molecule has 0 aliphatic heterocycles. The van der Waals surface area contributed by atoms with Crippen LogP contribution in [0.2, 0.25) is 5.02 Å². The average molecular weight is 540 g/mol. The molecule has 0 unspecified atom stereocenters. The molecule has 0 heterocycles. The minimum atomic E-state index is -4.27. The Labute approximate surface area is 216 Å². The minimum absolute atomic E-state index is 0.166. The number of carbonyl (C=O) groups excluding carboxylic acids is 3. The predicted molar refractivity (Wildman–Crippen MR) is 137 cm³/mol. The molecule has 0 spiro atoms. The van der Waals surface area contributed by atoms with E-state index in [1.165, 1.54) is 36.4 Å². The molecule has 0 bridgehead atoms. The summed E-state index contributed by atoms with van der Waals surface area (Å²) in [6.45, 7) is 7.40. The molecule has 2 aromatic carbocycles. The summed E-state index contributed by atoms with van der Waals surface area (Å²) in [5.74, 6) is -1.34. The molecule has 10 nitrogen and oxygen atoms in total. The van der Waals surface area contributed by atoms with Crippen molar-refractivity contribution >= 4 is 51.0 Å². The number of nitrogens with one attached hydrogen (secondary N) is 2. The fraction of sp³-hybridized carbons (Fsp3) is 0.375. The summed E-state index contributed by atoms with van der Waals surface area (Å²) < 4.78 is 38.2. The molecule has 0 aliphatic carbocycles. The zero-order valence-corrected chi connectivity index (χ0v) is 22.3. The van der Waals surface area contributed by atoms with E-state index < -0.39 is 46.2 Å². The number of halogens is 1. The molecule has 196 valence electrons. The SMILES string of the molecule is CC(C)OC(=O)CN(c1cccc(Cl)c1)S(=O)(=O)c1cccc(NC(=O)CNC(=O)OC(C)(C)C)c1. The van der Waals surface area contributed by atoms with E-state index in [0.717, 1.165) is 4.31 Å². The van der Waals surface area contributed by atoms with Gasteiger partial charge < -0.3 is 20.1 Å². The number of alkyl carbamates (subject to hydrolysis) is 1. The van der Waals surface area contributed by atoms with E-state index in [1.54, 1.807) is 46.8 Å². The van der Waals surface area contributed by atoms with Gasteiger partial charge in [-0.3, -0.25) is 13.9 Å². The molecule has 0 fully saturated rings. The van der Waals surface area contributed by atoms with Gasteiger partial charge in [-0.15, -0.1) is 0 Å². The van der Waals surface area contributed by atoms with Crippen LogP contribution >= 0.6 is 11.6 Å². The van der Waals surface area contributed by atoms with Gasteiger partial charge in [0.1, 0.15) is 18.7 Å². The molecule has 0 saturated carbocycles. The van der Waals surface area contributed by atoms with Crippen LogP contribution < -0.4 is 14.9 Å². The van der Waals surface area contributed by atoms with Gasteiger partial charge >= 0.3 is 12.1 Å². The zero-order valence-electron chi connectivity index (χ0n) is 20.7. The monoisotopic (exact) mass is 539 g/mol. The van der Waals surface area contributed by atoms with Gasteiger partial charge in [0.05, 0.1) is 16.7 Å². The van der Waals surface area contributed by atoms with Crippen molar-refractivity contribution < 1.29 is 32.3 Å². The topological polar surface area (TPSA) is 131 Å². The van der Waals surface area contributed by atoms with Crippen LogP contribution in [0.5, 0.6) is 0 Å². The van der Waals surface area contributed by atoms with E-state index in [0.29, 0.717) is 0 Å². The predicted octanol–water partition coefficient (Wildman–Crippen LogP) is 3.95. The largest absolute Gasteiger partial charge is 0.462 e. The van der Waals surface area contributed by atoms with Crippen molar-refractivity contribution in [3.63, 3.8) is 0 Å². The highest BCUT2D eigenvalue weighted by Gasteiger charge is 2.29. The van der Waals surface area contributed by atoms with Crippen LogP contribution in [-0.4, -0.2) is 51.2 Å². The summed E-state index contributed by atoms with van der Waals surface area (Å²) in [5, 5.41) is 5.13. The quantitative estimate of drug-likeness (QED) is 0.461. The van der Waals surface area contributed by atoms with Crippen LogP contribution in [0.4, 0.5) is 16.2 Å². The van der Waals surface area contributed by atoms with Gasteiger partial charge in [0.15, 0.2) is 0 Å². The number of nitrogens with zero attached hydrogens (tertiary/aromatic N) is 1. The lowest BCUT2D eigenvalue weighted by molar-refractivity contribution is -0.145. The molecule has 0 aliphatic rings. The fourth-order valence-corrected chi connectivity index (χ4v) is 4.53. The lowest BCUT2D eigenvalue weighted by Crippen LogP contribution is -2.37. The standard InChI is InChI=1S/C24H30ClN3O7S/c1-16(2)34-22(30)15-28(19-10-6-8-17(25)12-19)36(32,33)20-11-7-9-18(13-20)27-21(29)14-26-23(31)35-24(3,4)5/h6-13,16H,14-15H2,1-5H3,(H,26,31)(H,27,29). The highest BCUT2D eigenvalue weighted by atomic mass is 35.5. The maximum absolute atomic E-state index is 13.5. The Morgan fingerprint density at radius 1 is 1.06 bits per heavy atom. The van der Waals surface area contributed by atoms with Crippen LogP contribution in [0.25, 0.3) is 0 Å². The van der Waals surface area contributed by atoms with E-state index in [2.05, 4.69) is 10.6 Å². The number of hydrogen-bond acceptors (Lipinski definition) is 7. The number of amides is 2. The molecule has 12 heteroatoms. The van der Waals surface area contributed by atoms with E-state index in [1.807, 2.05) is 0 Å². The number of carbonyl (C=O) groups is 3. The smallest absolute Gasteiger partial charge is 0.408 e. The van der Waals surface area contributed by atoms with Crippen molar-refractivity contribution in [1.82, 2.24) is 5.32 Å². The van der Waals surface area contributed by atoms with Crippen molar-refractivity contribution in [1.29, 1.82) is 0 Å². The van der Waals surface area contributed by atoms with Crippen LogP contribution in [0.3, 0.4) is 0 Å². The first-order chi connectivity index (χ1) is 16.7. The van der Waals surface area contributed by atoms with Crippen molar-refractivity contribution in [3.8, 4) is 0 Å². The number of sulfonamides is 1. The lowest BCUT2D eigenvalue weighted by Gasteiger charge is -2.24. The van der Waals surface area contributed by atoms with Gasteiger partial charge in [0.25, 0.3) is 10.0 Å². The Bertz CT molecular complexity index is 1210. The molecule has 0 atom stereocenters. The summed E-state index contributed by atoms with van der Waals surface area (Å²) >= 11 is 6.05. The number of ether oxygens (including phenoxy) is 2. The first kappa shape index (κ1) is 28.9. The second-order valence-electron chi connectivity index (χ2n) is 8.96. The Balaban J connectivity index is 2.25. The van der Waals surface area contributed by atoms with Crippen molar-refractivity contribution in [2.75, 3.05) is 22.7 Å². The van der Waals surface area contributed by atoms with Crippen molar-refractivity contribution in [2.24, 2.45) is 0 Å². The highest BCUT2D eigenvalue weighted by molar-refractivity contribution is 7.92. The molecule has 2 N–H and O–H groups in total. The van der Waals surface area contributed by atoms with Crippen LogP contribution in [-0.2, 0) is 29.1 Å². The van der Waals surface area contributed by atoms with Gasteiger partial charge in [-0.1, -0.05) is 23.7 Å². The molecule has 2 aromatic rings. The van der Waals surface area contributed by atoms with Gasteiger partial charge in [-0.25, -0.2) is 13.2 Å². The first-order valence-electron chi connectivity index (χ1n) is 11.0. The second kappa shape index (κ2) is 12.1. The van der Waals surface area contributed by atoms with Crippen LogP contribution in [0, 0.1) is 0 Å². The highest BCUT2D eigenvalue weighted by Crippen LogP contribution is 2.27. The third-order valence-electron chi connectivity index (χ3n) is 4.23. The fourth-order valence-electron chi connectivity index (χ4n) is 2.90. The second-order valence-corrected chi connectivity index (χ2v) is 11.3. The van der Waals surface area contributed by atoms with Gasteiger partial charge in [0, 0.05) is 10.7 Å². The molecule has 0 aromatic heterocycles. The Hall–Kier alpha value is -3.31. The Morgan fingerprint density at radius 3 is 2.33 bits per heavy atom. The average Bonchev–Trinajstić information content (AvgIpc) is 2.74.